The Morgan fingerprint density at radius 1 is 1.40 bits per heavy atom. The van der Waals surface area contributed by atoms with E-state index in [1.807, 2.05) is 6.07 Å². The summed E-state index contributed by atoms with van der Waals surface area (Å²) in [5.74, 6) is -0.508. The summed E-state index contributed by atoms with van der Waals surface area (Å²) < 4.78 is 0. The molecule has 0 saturated heterocycles. The van der Waals surface area contributed by atoms with Gasteiger partial charge in [-0.15, -0.1) is 0 Å². The van der Waals surface area contributed by atoms with Crippen molar-refractivity contribution in [2.45, 2.75) is 27.2 Å². The smallest absolute Gasteiger partial charge is 0.250 e. The fourth-order valence-corrected chi connectivity index (χ4v) is 2.32. The van der Waals surface area contributed by atoms with Crippen molar-refractivity contribution in [3.05, 3.63) is 28.8 Å². The number of carbonyl (C=O) groups is 1. The SMILES string of the molecule is CCCN(CC(C)(C)CN)c1ccc(C(N)=O)c(Cl)c1. The van der Waals surface area contributed by atoms with E-state index in [-0.39, 0.29) is 5.41 Å². The minimum atomic E-state index is -0.508. The van der Waals surface area contributed by atoms with Crippen molar-refractivity contribution < 1.29 is 4.79 Å². The molecule has 0 unspecified atom stereocenters. The van der Waals surface area contributed by atoms with Gasteiger partial charge in [-0.25, -0.2) is 0 Å². The van der Waals surface area contributed by atoms with Gasteiger partial charge in [-0.05, 0) is 36.6 Å². The zero-order valence-electron chi connectivity index (χ0n) is 12.4. The van der Waals surface area contributed by atoms with E-state index in [9.17, 15) is 4.79 Å². The van der Waals surface area contributed by atoms with Crippen LogP contribution in [0.4, 0.5) is 5.69 Å². The summed E-state index contributed by atoms with van der Waals surface area (Å²) >= 11 is 6.12. The van der Waals surface area contributed by atoms with Crippen molar-refractivity contribution in [1.29, 1.82) is 0 Å². The van der Waals surface area contributed by atoms with Gasteiger partial charge in [-0.1, -0.05) is 32.4 Å². The van der Waals surface area contributed by atoms with Gasteiger partial charge >= 0.3 is 0 Å². The molecule has 4 N–H and O–H groups in total. The summed E-state index contributed by atoms with van der Waals surface area (Å²) in [4.78, 5) is 13.5. The monoisotopic (exact) mass is 297 g/mol. The molecule has 5 heteroatoms. The van der Waals surface area contributed by atoms with E-state index in [1.54, 1.807) is 12.1 Å². The van der Waals surface area contributed by atoms with Crippen LogP contribution < -0.4 is 16.4 Å². The molecule has 0 aromatic heterocycles. The van der Waals surface area contributed by atoms with Crippen molar-refractivity contribution >= 4 is 23.2 Å². The lowest BCUT2D eigenvalue weighted by molar-refractivity contribution is 0.100. The first-order valence-corrected chi connectivity index (χ1v) is 7.23. The molecular formula is C15H24ClN3O. The molecule has 1 aromatic rings. The van der Waals surface area contributed by atoms with E-state index in [0.717, 1.165) is 25.2 Å². The highest BCUT2D eigenvalue weighted by Crippen LogP contribution is 2.26. The van der Waals surface area contributed by atoms with Crippen LogP contribution in [0.15, 0.2) is 18.2 Å². The third-order valence-corrected chi connectivity index (χ3v) is 3.56. The van der Waals surface area contributed by atoms with E-state index in [1.165, 1.54) is 0 Å². The van der Waals surface area contributed by atoms with Crippen LogP contribution in [0.3, 0.4) is 0 Å². The first kappa shape index (κ1) is 16.8. The van der Waals surface area contributed by atoms with Crippen LogP contribution in [-0.2, 0) is 0 Å². The van der Waals surface area contributed by atoms with Gasteiger partial charge in [0.1, 0.15) is 0 Å². The second kappa shape index (κ2) is 6.95. The van der Waals surface area contributed by atoms with E-state index in [2.05, 4.69) is 25.7 Å². The molecule has 0 bridgehead atoms. The van der Waals surface area contributed by atoms with Crippen LogP contribution >= 0.6 is 11.6 Å². The number of hydrogen-bond donors (Lipinski definition) is 2. The summed E-state index contributed by atoms with van der Waals surface area (Å²) in [5.41, 5.74) is 12.4. The molecule has 0 aliphatic heterocycles. The fourth-order valence-electron chi connectivity index (χ4n) is 2.05. The lowest BCUT2D eigenvalue weighted by Gasteiger charge is -2.33. The van der Waals surface area contributed by atoms with E-state index in [0.29, 0.717) is 17.1 Å². The molecule has 0 radical (unpaired) electrons. The van der Waals surface area contributed by atoms with Gasteiger partial charge in [0.05, 0.1) is 10.6 Å². The fraction of sp³-hybridized carbons (Fsp3) is 0.533. The van der Waals surface area contributed by atoms with E-state index in [4.69, 9.17) is 23.1 Å². The molecule has 0 saturated carbocycles. The predicted octanol–water partition coefficient (Wildman–Crippen LogP) is 2.64. The number of nitrogens with zero attached hydrogens (tertiary/aromatic N) is 1. The topological polar surface area (TPSA) is 72.3 Å². The zero-order chi connectivity index (χ0) is 15.3. The largest absolute Gasteiger partial charge is 0.371 e. The molecule has 1 amide bonds. The number of nitrogens with two attached hydrogens (primary N) is 2. The molecule has 0 fully saturated rings. The third-order valence-electron chi connectivity index (χ3n) is 3.25. The van der Waals surface area contributed by atoms with Gasteiger partial charge in [0, 0.05) is 18.8 Å². The van der Waals surface area contributed by atoms with Gasteiger partial charge < -0.3 is 16.4 Å². The Kier molecular flexibility index (Phi) is 5.84. The average molecular weight is 298 g/mol. The molecule has 1 rings (SSSR count). The number of hydrogen-bond acceptors (Lipinski definition) is 3. The first-order valence-electron chi connectivity index (χ1n) is 6.85. The molecule has 1 aromatic carbocycles. The molecule has 0 spiro atoms. The highest BCUT2D eigenvalue weighted by Gasteiger charge is 2.21. The van der Waals surface area contributed by atoms with Crippen molar-refractivity contribution in [3.63, 3.8) is 0 Å². The maximum Gasteiger partial charge on any atom is 0.250 e. The number of amides is 1. The van der Waals surface area contributed by atoms with Crippen LogP contribution in [0.25, 0.3) is 0 Å². The van der Waals surface area contributed by atoms with Gasteiger partial charge in [-0.3, -0.25) is 4.79 Å². The van der Waals surface area contributed by atoms with Gasteiger partial charge in [0.15, 0.2) is 0 Å². The third kappa shape index (κ3) is 4.39. The molecule has 4 nitrogen and oxygen atoms in total. The standard InChI is InChI=1S/C15H24ClN3O/c1-4-7-19(10-15(2,3)9-17)11-5-6-12(14(18)20)13(16)8-11/h5-6,8H,4,7,9-10,17H2,1-3H3,(H2,18,20). The Bertz CT molecular complexity index is 474. The Hall–Kier alpha value is -1.26. The Labute approximate surface area is 126 Å². The van der Waals surface area contributed by atoms with Crippen molar-refractivity contribution in [2.75, 3.05) is 24.5 Å². The highest BCUT2D eigenvalue weighted by molar-refractivity contribution is 6.34. The second-order valence-electron chi connectivity index (χ2n) is 5.82. The molecule has 0 heterocycles. The minimum Gasteiger partial charge on any atom is -0.371 e. The van der Waals surface area contributed by atoms with Crippen LogP contribution in [0, 0.1) is 5.41 Å². The first-order chi connectivity index (χ1) is 9.30. The summed E-state index contributed by atoms with van der Waals surface area (Å²) in [6.45, 7) is 8.76. The lowest BCUT2D eigenvalue weighted by Crippen LogP contribution is -2.39. The van der Waals surface area contributed by atoms with Crippen molar-refractivity contribution in [1.82, 2.24) is 0 Å². The van der Waals surface area contributed by atoms with Crippen molar-refractivity contribution in [3.8, 4) is 0 Å². The van der Waals surface area contributed by atoms with E-state index >= 15 is 0 Å². The summed E-state index contributed by atoms with van der Waals surface area (Å²) in [7, 11) is 0. The average Bonchev–Trinajstić information content (AvgIpc) is 2.37. The van der Waals surface area contributed by atoms with Crippen molar-refractivity contribution in [2.24, 2.45) is 16.9 Å². The molecule has 112 valence electrons. The lowest BCUT2D eigenvalue weighted by atomic mass is 9.92. The van der Waals surface area contributed by atoms with Crippen LogP contribution in [0.2, 0.25) is 5.02 Å². The molecule has 0 atom stereocenters. The Morgan fingerprint density at radius 2 is 2.05 bits per heavy atom. The van der Waals surface area contributed by atoms with Crippen LogP contribution in [0.5, 0.6) is 0 Å². The number of benzene rings is 1. The highest BCUT2D eigenvalue weighted by atomic mass is 35.5. The summed E-state index contributed by atoms with van der Waals surface area (Å²) in [6, 6.07) is 5.36. The number of rotatable bonds is 7. The number of halogens is 1. The summed E-state index contributed by atoms with van der Waals surface area (Å²) in [6.07, 6.45) is 1.02. The van der Waals surface area contributed by atoms with E-state index < -0.39 is 5.91 Å². The van der Waals surface area contributed by atoms with Crippen LogP contribution in [-0.4, -0.2) is 25.5 Å². The number of anilines is 1. The molecule has 20 heavy (non-hydrogen) atoms. The maximum atomic E-state index is 11.2. The number of carbonyl (C=O) groups excluding carboxylic acids is 1. The van der Waals surface area contributed by atoms with Gasteiger partial charge in [0.25, 0.3) is 0 Å². The maximum absolute atomic E-state index is 11.2. The quantitative estimate of drug-likeness (QED) is 0.812. The summed E-state index contributed by atoms with van der Waals surface area (Å²) in [5, 5.41) is 0.390. The Morgan fingerprint density at radius 3 is 2.50 bits per heavy atom. The number of primary amides is 1. The normalized spacial score (nSPS) is 11.4. The molecule has 0 aliphatic rings. The predicted molar refractivity (Wildman–Crippen MR) is 85.3 cm³/mol. The van der Waals surface area contributed by atoms with Crippen LogP contribution in [0.1, 0.15) is 37.6 Å². The van der Waals surface area contributed by atoms with Gasteiger partial charge in [-0.2, -0.15) is 0 Å². The molecule has 0 aliphatic carbocycles. The van der Waals surface area contributed by atoms with Gasteiger partial charge in [0.2, 0.25) is 5.91 Å². The molecular weight excluding hydrogens is 274 g/mol. The zero-order valence-corrected chi connectivity index (χ0v) is 13.2. The second-order valence-corrected chi connectivity index (χ2v) is 6.23. The Balaban J connectivity index is 3.03. The minimum absolute atomic E-state index is 0.0179.